The van der Waals surface area contributed by atoms with Gasteiger partial charge in [0.15, 0.2) is 11.5 Å². The Kier molecular flexibility index (Phi) is 6.08. The third-order valence-corrected chi connectivity index (χ3v) is 7.61. The van der Waals surface area contributed by atoms with Gasteiger partial charge in [0.25, 0.3) is 5.91 Å². The molecule has 4 aromatic rings. The van der Waals surface area contributed by atoms with Gasteiger partial charge in [-0.25, -0.2) is 0 Å². The number of rotatable bonds is 5. The third kappa shape index (κ3) is 4.23. The van der Waals surface area contributed by atoms with Crippen molar-refractivity contribution in [3.63, 3.8) is 0 Å². The summed E-state index contributed by atoms with van der Waals surface area (Å²) >= 11 is 3.44. The number of halogens is 1. The SMILES string of the molecule is O=C(C1=C(O)C(=O)N(c2ccc(N3CCCCC3)cc2)C1c1ccccc1)c1cc2cc(Br)ccc2o1. The molecule has 1 fully saturated rings. The summed E-state index contributed by atoms with van der Waals surface area (Å²) < 4.78 is 6.70. The lowest BCUT2D eigenvalue weighted by molar-refractivity contribution is -0.117. The van der Waals surface area contributed by atoms with E-state index in [4.69, 9.17) is 4.42 Å². The van der Waals surface area contributed by atoms with Crippen molar-refractivity contribution in [3.8, 4) is 0 Å². The Labute approximate surface area is 222 Å². The number of piperidine rings is 1. The van der Waals surface area contributed by atoms with E-state index in [9.17, 15) is 14.7 Å². The number of aliphatic hydroxyl groups is 1. The molecule has 37 heavy (non-hydrogen) atoms. The minimum absolute atomic E-state index is 0.00873. The largest absolute Gasteiger partial charge is 0.503 e. The molecule has 3 aromatic carbocycles. The van der Waals surface area contributed by atoms with Crippen LogP contribution in [0.3, 0.4) is 0 Å². The number of ketones is 1. The summed E-state index contributed by atoms with van der Waals surface area (Å²) in [5.74, 6) is -1.60. The van der Waals surface area contributed by atoms with Crippen molar-refractivity contribution in [2.24, 2.45) is 0 Å². The molecule has 1 amide bonds. The number of carbonyl (C=O) groups excluding carboxylic acids is 2. The molecule has 6 nitrogen and oxygen atoms in total. The zero-order chi connectivity index (χ0) is 25.5. The minimum Gasteiger partial charge on any atom is -0.503 e. The average molecular weight is 557 g/mol. The lowest BCUT2D eigenvalue weighted by Gasteiger charge is -2.30. The molecule has 0 aliphatic carbocycles. The normalized spacial score (nSPS) is 18.2. The molecule has 1 N–H and O–H groups in total. The molecule has 1 saturated heterocycles. The highest BCUT2D eigenvalue weighted by atomic mass is 79.9. The monoisotopic (exact) mass is 556 g/mol. The highest BCUT2D eigenvalue weighted by Gasteiger charge is 2.45. The molecule has 7 heteroatoms. The summed E-state index contributed by atoms with van der Waals surface area (Å²) in [7, 11) is 0. The maximum atomic E-state index is 13.8. The van der Waals surface area contributed by atoms with Crippen LogP contribution in [0.5, 0.6) is 0 Å². The fraction of sp³-hybridized carbons (Fsp3) is 0.200. The van der Waals surface area contributed by atoms with Gasteiger partial charge in [0.2, 0.25) is 5.78 Å². The molecular formula is C30H25BrN2O4. The molecule has 186 valence electrons. The van der Waals surface area contributed by atoms with Gasteiger partial charge in [0.05, 0.1) is 11.6 Å². The van der Waals surface area contributed by atoms with Crippen LogP contribution in [0.25, 0.3) is 11.0 Å². The number of aliphatic hydroxyl groups excluding tert-OH is 1. The van der Waals surface area contributed by atoms with Crippen LogP contribution in [0.2, 0.25) is 0 Å². The number of amides is 1. The number of hydrogen-bond donors (Lipinski definition) is 1. The van der Waals surface area contributed by atoms with Gasteiger partial charge in [0.1, 0.15) is 5.58 Å². The van der Waals surface area contributed by atoms with Gasteiger partial charge >= 0.3 is 0 Å². The Bertz CT molecular complexity index is 1520. The van der Waals surface area contributed by atoms with Gasteiger partial charge in [-0.05, 0) is 73.4 Å². The number of carbonyl (C=O) groups is 2. The fourth-order valence-corrected chi connectivity index (χ4v) is 5.67. The van der Waals surface area contributed by atoms with Crippen LogP contribution < -0.4 is 9.80 Å². The standard InChI is InChI=1S/C30H25BrN2O4/c31-21-9-14-24-20(17-21)18-25(37-24)28(34)26-27(19-7-3-1-4-8-19)33(30(36)29(26)35)23-12-10-22(11-13-23)32-15-5-2-6-16-32/h1,3-4,7-14,17-18,27,35H,2,5-6,15-16H2. The molecule has 1 aromatic heterocycles. The summed E-state index contributed by atoms with van der Waals surface area (Å²) in [6.45, 7) is 2.04. The Morgan fingerprint density at radius 1 is 0.892 bits per heavy atom. The van der Waals surface area contributed by atoms with Gasteiger partial charge in [-0.15, -0.1) is 0 Å². The van der Waals surface area contributed by atoms with Crippen molar-refractivity contribution in [1.29, 1.82) is 0 Å². The Balaban J connectivity index is 1.40. The fourth-order valence-electron chi connectivity index (χ4n) is 5.29. The van der Waals surface area contributed by atoms with E-state index in [1.54, 1.807) is 12.1 Å². The molecule has 0 saturated carbocycles. The maximum absolute atomic E-state index is 13.8. The van der Waals surface area contributed by atoms with E-state index in [1.807, 2.05) is 66.7 Å². The van der Waals surface area contributed by atoms with Crippen molar-refractivity contribution in [2.45, 2.75) is 25.3 Å². The summed E-state index contributed by atoms with van der Waals surface area (Å²) in [5.41, 5.74) is 3.00. The molecular weight excluding hydrogens is 532 g/mol. The summed E-state index contributed by atoms with van der Waals surface area (Å²) in [5, 5.41) is 11.8. The molecule has 1 atom stereocenters. The van der Waals surface area contributed by atoms with E-state index in [0.717, 1.165) is 34.2 Å². The molecule has 2 aliphatic heterocycles. The number of furan rings is 1. The quantitative estimate of drug-likeness (QED) is 0.269. The molecule has 0 spiro atoms. The van der Waals surface area contributed by atoms with E-state index in [0.29, 0.717) is 11.3 Å². The lowest BCUT2D eigenvalue weighted by atomic mass is 9.94. The van der Waals surface area contributed by atoms with Crippen molar-refractivity contribution < 1.29 is 19.1 Å². The van der Waals surface area contributed by atoms with Crippen LogP contribution in [0.4, 0.5) is 11.4 Å². The number of hydrogen-bond acceptors (Lipinski definition) is 5. The van der Waals surface area contributed by atoms with Crippen molar-refractivity contribution in [3.05, 3.63) is 106 Å². The number of benzene rings is 3. The van der Waals surface area contributed by atoms with Gasteiger partial charge in [-0.3, -0.25) is 14.5 Å². The summed E-state index contributed by atoms with van der Waals surface area (Å²) in [6.07, 6.45) is 3.59. The van der Waals surface area contributed by atoms with Gasteiger partial charge in [0, 0.05) is 34.3 Å². The van der Waals surface area contributed by atoms with E-state index < -0.39 is 23.5 Å². The predicted octanol–water partition coefficient (Wildman–Crippen LogP) is 6.97. The molecule has 0 radical (unpaired) electrons. The Morgan fingerprint density at radius 2 is 1.59 bits per heavy atom. The van der Waals surface area contributed by atoms with E-state index in [1.165, 1.54) is 24.2 Å². The van der Waals surface area contributed by atoms with Crippen LogP contribution in [-0.2, 0) is 4.79 Å². The second kappa shape index (κ2) is 9.56. The van der Waals surface area contributed by atoms with Gasteiger partial charge < -0.3 is 14.4 Å². The van der Waals surface area contributed by atoms with Gasteiger partial charge in [-0.1, -0.05) is 46.3 Å². The van der Waals surface area contributed by atoms with Crippen LogP contribution in [0, 0.1) is 0 Å². The molecule has 1 unspecified atom stereocenters. The first-order valence-electron chi connectivity index (χ1n) is 12.4. The van der Waals surface area contributed by atoms with Crippen LogP contribution >= 0.6 is 15.9 Å². The Hall–Kier alpha value is -3.84. The second-order valence-corrected chi connectivity index (χ2v) is 10.4. The van der Waals surface area contributed by atoms with Crippen LogP contribution in [-0.4, -0.2) is 29.9 Å². The Morgan fingerprint density at radius 3 is 2.32 bits per heavy atom. The van der Waals surface area contributed by atoms with Gasteiger partial charge in [-0.2, -0.15) is 0 Å². The first-order chi connectivity index (χ1) is 18.0. The third-order valence-electron chi connectivity index (χ3n) is 7.12. The molecule has 3 heterocycles. The number of anilines is 2. The van der Waals surface area contributed by atoms with E-state index >= 15 is 0 Å². The van der Waals surface area contributed by atoms with Crippen molar-refractivity contribution >= 4 is 50.0 Å². The van der Waals surface area contributed by atoms with Crippen LogP contribution in [0.1, 0.15) is 41.4 Å². The summed E-state index contributed by atoms with van der Waals surface area (Å²) in [6, 6.07) is 23.4. The number of Topliss-reactive ketones (excluding diaryl/α,β-unsaturated/α-hetero) is 1. The molecule has 6 rings (SSSR count). The lowest BCUT2D eigenvalue weighted by Crippen LogP contribution is -2.31. The first-order valence-corrected chi connectivity index (χ1v) is 13.2. The zero-order valence-electron chi connectivity index (χ0n) is 20.1. The smallest absolute Gasteiger partial charge is 0.294 e. The summed E-state index contributed by atoms with van der Waals surface area (Å²) in [4.78, 5) is 31.1. The molecule has 0 bridgehead atoms. The van der Waals surface area contributed by atoms with Crippen molar-refractivity contribution in [1.82, 2.24) is 0 Å². The first kappa shape index (κ1) is 23.6. The van der Waals surface area contributed by atoms with E-state index in [-0.39, 0.29) is 11.3 Å². The van der Waals surface area contributed by atoms with E-state index in [2.05, 4.69) is 20.8 Å². The van der Waals surface area contributed by atoms with Crippen LogP contribution in [0.15, 0.2) is 99.1 Å². The zero-order valence-corrected chi connectivity index (χ0v) is 21.6. The topological polar surface area (TPSA) is 74.0 Å². The van der Waals surface area contributed by atoms with Crippen molar-refractivity contribution in [2.75, 3.05) is 22.9 Å². The number of fused-ring (bicyclic) bond motifs is 1. The average Bonchev–Trinajstić information content (AvgIpc) is 3.47. The minimum atomic E-state index is -0.790. The molecule has 2 aliphatic rings. The second-order valence-electron chi connectivity index (χ2n) is 9.44. The highest BCUT2D eigenvalue weighted by molar-refractivity contribution is 9.10. The maximum Gasteiger partial charge on any atom is 0.294 e. The highest BCUT2D eigenvalue weighted by Crippen LogP contribution is 2.42. The number of nitrogens with zero attached hydrogens (tertiary/aromatic N) is 2. The predicted molar refractivity (Wildman–Crippen MR) is 147 cm³/mol.